The molecule has 1 heterocycles. The van der Waals surface area contributed by atoms with Crippen LogP contribution >= 0.6 is 0 Å². The summed E-state index contributed by atoms with van der Waals surface area (Å²) in [4.78, 5) is 15.7. The average molecular weight is 258 g/mol. The van der Waals surface area contributed by atoms with Crippen LogP contribution in [0.25, 0.3) is 11.0 Å². The highest BCUT2D eigenvalue weighted by molar-refractivity contribution is 6.01. The van der Waals surface area contributed by atoms with Crippen LogP contribution in [-0.2, 0) is 0 Å². The monoisotopic (exact) mass is 258 g/mol. The predicted molar refractivity (Wildman–Crippen MR) is 73.5 cm³/mol. The molecule has 0 amide bonds. The van der Waals surface area contributed by atoms with Gasteiger partial charge in [-0.2, -0.15) is 0 Å². The number of benzene rings is 1. The summed E-state index contributed by atoms with van der Waals surface area (Å²) in [5.74, 6) is 0.748. The van der Waals surface area contributed by atoms with E-state index in [0.717, 1.165) is 17.3 Å². The Labute approximate surface area is 112 Å². The summed E-state index contributed by atoms with van der Waals surface area (Å²) in [5.41, 5.74) is 1.88. The number of rotatable bonds is 4. The highest BCUT2D eigenvalue weighted by atomic mass is 16.4. The van der Waals surface area contributed by atoms with Crippen molar-refractivity contribution in [2.75, 3.05) is 0 Å². The molecule has 1 aromatic heterocycles. The van der Waals surface area contributed by atoms with Crippen molar-refractivity contribution in [3.8, 4) is 0 Å². The van der Waals surface area contributed by atoms with E-state index in [1.54, 1.807) is 12.1 Å². The summed E-state index contributed by atoms with van der Waals surface area (Å²) in [6.07, 6.45) is 3.63. The van der Waals surface area contributed by atoms with Crippen LogP contribution in [0.4, 0.5) is 0 Å². The molecule has 1 fully saturated rings. The number of carboxylic acid groups (broad SMARTS) is 1. The van der Waals surface area contributed by atoms with Crippen LogP contribution in [0.5, 0.6) is 0 Å². The van der Waals surface area contributed by atoms with Gasteiger partial charge in [-0.1, -0.05) is 19.4 Å². The van der Waals surface area contributed by atoms with Crippen LogP contribution in [-0.4, -0.2) is 20.6 Å². The van der Waals surface area contributed by atoms with Crippen molar-refractivity contribution < 1.29 is 9.90 Å². The lowest BCUT2D eigenvalue weighted by Gasteiger charge is -2.06. The molecule has 0 aliphatic heterocycles. The van der Waals surface area contributed by atoms with Gasteiger partial charge in [0.05, 0.1) is 11.1 Å². The van der Waals surface area contributed by atoms with Gasteiger partial charge in [0, 0.05) is 6.04 Å². The van der Waals surface area contributed by atoms with Gasteiger partial charge in [0.2, 0.25) is 0 Å². The van der Waals surface area contributed by atoms with Crippen LogP contribution in [0, 0.1) is 12.8 Å². The number of imidazole rings is 1. The standard InChI is InChI=1S/C15H18N2O2/c1-3-5-10-8-13(10)17-9(2)16-14-11(15(18)19)6-4-7-12(14)17/h4,6-7,10,13H,3,5,8H2,1-2H3,(H,18,19). The van der Waals surface area contributed by atoms with Crippen molar-refractivity contribution in [2.24, 2.45) is 5.92 Å². The fraction of sp³-hybridized carbons (Fsp3) is 0.467. The third kappa shape index (κ3) is 1.91. The molecule has 0 radical (unpaired) electrons. The molecule has 4 nitrogen and oxygen atoms in total. The summed E-state index contributed by atoms with van der Waals surface area (Å²) in [6, 6.07) is 5.91. The van der Waals surface area contributed by atoms with E-state index in [1.807, 2.05) is 13.0 Å². The molecule has 0 saturated heterocycles. The maximum atomic E-state index is 11.2. The molecule has 19 heavy (non-hydrogen) atoms. The van der Waals surface area contributed by atoms with Gasteiger partial charge < -0.3 is 9.67 Å². The second-order valence-electron chi connectivity index (χ2n) is 5.36. The second kappa shape index (κ2) is 4.37. The Balaban J connectivity index is 2.09. The minimum Gasteiger partial charge on any atom is -0.478 e. The Kier molecular flexibility index (Phi) is 2.81. The molecule has 3 rings (SSSR count). The van der Waals surface area contributed by atoms with Gasteiger partial charge in [0.15, 0.2) is 0 Å². The van der Waals surface area contributed by atoms with E-state index in [4.69, 9.17) is 0 Å². The fourth-order valence-electron chi connectivity index (χ4n) is 3.05. The van der Waals surface area contributed by atoms with Crippen LogP contribution in [0.1, 0.15) is 48.4 Å². The van der Waals surface area contributed by atoms with Crippen LogP contribution in [0.3, 0.4) is 0 Å². The minimum atomic E-state index is -0.906. The SMILES string of the molecule is CCCC1CC1n1c(C)nc2c(C(=O)O)cccc21. The zero-order valence-corrected chi connectivity index (χ0v) is 11.3. The van der Waals surface area contributed by atoms with Crippen LogP contribution < -0.4 is 0 Å². The molecular weight excluding hydrogens is 240 g/mol. The lowest BCUT2D eigenvalue weighted by Crippen LogP contribution is -2.00. The number of aromatic carboxylic acids is 1. The maximum absolute atomic E-state index is 11.2. The number of nitrogens with zero attached hydrogens (tertiary/aromatic N) is 2. The van der Waals surface area contributed by atoms with Gasteiger partial charge in [-0.15, -0.1) is 0 Å². The van der Waals surface area contributed by atoms with Crippen LogP contribution in [0.15, 0.2) is 18.2 Å². The number of carboxylic acids is 1. The van der Waals surface area contributed by atoms with Gasteiger partial charge in [0.1, 0.15) is 11.3 Å². The lowest BCUT2D eigenvalue weighted by atomic mass is 10.2. The molecule has 4 heteroatoms. The highest BCUT2D eigenvalue weighted by Crippen LogP contribution is 2.48. The summed E-state index contributed by atoms with van der Waals surface area (Å²) in [7, 11) is 0. The Morgan fingerprint density at radius 1 is 1.53 bits per heavy atom. The third-order valence-corrected chi connectivity index (χ3v) is 4.00. The van der Waals surface area contributed by atoms with Crippen molar-refractivity contribution in [1.29, 1.82) is 0 Å². The van der Waals surface area contributed by atoms with Crippen LogP contribution in [0.2, 0.25) is 0 Å². The highest BCUT2D eigenvalue weighted by Gasteiger charge is 2.39. The summed E-state index contributed by atoms with van der Waals surface area (Å²) >= 11 is 0. The molecule has 1 aromatic carbocycles. The molecule has 2 aromatic rings. The third-order valence-electron chi connectivity index (χ3n) is 4.00. The second-order valence-corrected chi connectivity index (χ2v) is 5.36. The minimum absolute atomic E-state index is 0.298. The van der Waals surface area contributed by atoms with E-state index in [9.17, 15) is 9.90 Å². The molecule has 100 valence electrons. The van der Waals surface area contributed by atoms with Crippen molar-refractivity contribution in [3.63, 3.8) is 0 Å². The maximum Gasteiger partial charge on any atom is 0.337 e. The van der Waals surface area contributed by atoms with Gasteiger partial charge in [0.25, 0.3) is 0 Å². The Bertz CT molecular complexity index is 645. The zero-order chi connectivity index (χ0) is 13.6. The van der Waals surface area contributed by atoms with Gasteiger partial charge in [-0.3, -0.25) is 0 Å². The number of aromatic nitrogens is 2. The van der Waals surface area contributed by atoms with Gasteiger partial charge in [-0.05, 0) is 37.8 Å². The molecule has 0 bridgehead atoms. The van der Waals surface area contributed by atoms with E-state index in [-0.39, 0.29) is 0 Å². The first-order valence-corrected chi connectivity index (χ1v) is 6.84. The molecule has 1 N–H and O–H groups in total. The van der Waals surface area contributed by atoms with E-state index in [0.29, 0.717) is 17.1 Å². The molecule has 2 unspecified atom stereocenters. The Morgan fingerprint density at radius 3 is 3.00 bits per heavy atom. The summed E-state index contributed by atoms with van der Waals surface area (Å²) in [6.45, 7) is 4.17. The van der Waals surface area contributed by atoms with E-state index >= 15 is 0 Å². The normalized spacial score (nSPS) is 21.8. The van der Waals surface area contributed by atoms with Gasteiger partial charge >= 0.3 is 5.97 Å². The number of hydrogen-bond donors (Lipinski definition) is 1. The number of hydrogen-bond acceptors (Lipinski definition) is 2. The smallest absolute Gasteiger partial charge is 0.337 e. The number of carbonyl (C=O) groups is 1. The van der Waals surface area contributed by atoms with E-state index in [2.05, 4.69) is 16.5 Å². The average Bonchev–Trinajstić information content (AvgIpc) is 3.02. The molecule has 1 saturated carbocycles. The lowest BCUT2D eigenvalue weighted by molar-refractivity contribution is 0.0699. The zero-order valence-electron chi connectivity index (χ0n) is 11.3. The summed E-state index contributed by atoms with van der Waals surface area (Å²) in [5, 5.41) is 9.22. The first-order valence-electron chi connectivity index (χ1n) is 6.84. The largest absolute Gasteiger partial charge is 0.478 e. The fourth-order valence-corrected chi connectivity index (χ4v) is 3.05. The van der Waals surface area contributed by atoms with E-state index in [1.165, 1.54) is 19.3 Å². The molecule has 1 aliphatic carbocycles. The van der Waals surface area contributed by atoms with Crippen molar-refractivity contribution >= 4 is 17.0 Å². The number of fused-ring (bicyclic) bond motifs is 1. The molecule has 2 atom stereocenters. The first-order chi connectivity index (χ1) is 9.13. The van der Waals surface area contributed by atoms with Crippen molar-refractivity contribution in [2.45, 2.75) is 39.2 Å². The molecule has 1 aliphatic rings. The molecular formula is C15H18N2O2. The Hall–Kier alpha value is -1.84. The number of para-hydroxylation sites is 1. The number of aryl methyl sites for hydroxylation is 1. The molecule has 0 spiro atoms. The Morgan fingerprint density at radius 2 is 2.32 bits per heavy atom. The first kappa shape index (κ1) is 12.2. The topological polar surface area (TPSA) is 55.1 Å². The van der Waals surface area contributed by atoms with E-state index < -0.39 is 5.97 Å². The quantitative estimate of drug-likeness (QED) is 0.914. The predicted octanol–water partition coefficient (Wildman–Crippen LogP) is 3.40. The van der Waals surface area contributed by atoms with Crippen molar-refractivity contribution in [3.05, 3.63) is 29.6 Å². The van der Waals surface area contributed by atoms with Crippen molar-refractivity contribution in [1.82, 2.24) is 9.55 Å². The summed E-state index contributed by atoms with van der Waals surface area (Å²) < 4.78 is 2.22. The van der Waals surface area contributed by atoms with Gasteiger partial charge in [-0.25, -0.2) is 9.78 Å².